The van der Waals surface area contributed by atoms with Gasteiger partial charge >= 0.3 is 0 Å². The number of carbonyl (C=O) groups is 1. The van der Waals surface area contributed by atoms with Crippen molar-refractivity contribution in [1.82, 2.24) is 10.2 Å². The van der Waals surface area contributed by atoms with Crippen LogP contribution in [-0.4, -0.2) is 56.9 Å². The average molecular weight is 345 g/mol. The highest BCUT2D eigenvalue weighted by molar-refractivity contribution is 7.91. The zero-order valence-electron chi connectivity index (χ0n) is 14.8. The minimum atomic E-state index is -3.11. The first-order chi connectivity index (χ1) is 10.8. The van der Waals surface area contributed by atoms with E-state index in [9.17, 15) is 13.2 Å². The van der Waals surface area contributed by atoms with Gasteiger partial charge in [0.1, 0.15) is 0 Å². The monoisotopic (exact) mass is 344 g/mol. The lowest BCUT2D eigenvalue weighted by Gasteiger charge is -2.38. The molecule has 1 aliphatic heterocycles. The van der Waals surface area contributed by atoms with Crippen LogP contribution in [-0.2, 0) is 14.6 Å². The second-order valence-corrected chi connectivity index (χ2v) is 9.78. The zero-order valence-corrected chi connectivity index (χ0v) is 15.6. The van der Waals surface area contributed by atoms with Crippen molar-refractivity contribution >= 4 is 15.7 Å². The first kappa shape index (κ1) is 18.7. The Balaban J connectivity index is 1.97. The predicted molar refractivity (Wildman–Crippen MR) is 93.0 cm³/mol. The lowest BCUT2D eigenvalue weighted by atomic mass is 9.85. The topological polar surface area (TPSA) is 66.5 Å². The Morgan fingerprint density at radius 1 is 1.22 bits per heavy atom. The van der Waals surface area contributed by atoms with Gasteiger partial charge in [-0.15, -0.1) is 0 Å². The fraction of sp³-hybridized carbons (Fsp3) is 0.941. The summed E-state index contributed by atoms with van der Waals surface area (Å²) in [6, 6.07) is -0.150. The molecule has 0 spiro atoms. The van der Waals surface area contributed by atoms with Crippen molar-refractivity contribution in [2.75, 3.05) is 26.4 Å². The smallest absolute Gasteiger partial charge is 0.222 e. The van der Waals surface area contributed by atoms with Crippen molar-refractivity contribution in [3.63, 3.8) is 0 Å². The third-order valence-corrected chi connectivity index (χ3v) is 7.39. The molecule has 0 aromatic heterocycles. The first-order valence-electron chi connectivity index (χ1n) is 8.96. The van der Waals surface area contributed by atoms with E-state index < -0.39 is 15.1 Å². The molecule has 134 valence electrons. The molecule has 4 atom stereocenters. The van der Waals surface area contributed by atoms with Gasteiger partial charge in [-0.3, -0.25) is 4.79 Å². The number of nitrogens with zero attached hydrogens (tertiary/aromatic N) is 1. The molecule has 1 amide bonds. The van der Waals surface area contributed by atoms with Gasteiger partial charge in [-0.05, 0) is 50.6 Å². The molecule has 1 N–H and O–H groups in total. The maximum Gasteiger partial charge on any atom is 0.222 e. The summed E-state index contributed by atoms with van der Waals surface area (Å²) < 4.78 is 24.1. The van der Waals surface area contributed by atoms with Crippen LogP contribution in [0.3, 0.4) is 0 Å². The first-order valence-corrected chi connectivity index (χ1v) is 10.9. The van der Waals surface area contributed by atoms with Crippen LogP contribution in [0.2, 0.25) is 0 Å². The van der Waals surface area contributed by atoms with E-state index in [0.29, 0.717) is 24.7 Å². The number of carbonyl (C=O) groups excluding carboxylic acids is 1. The number of nitrogens with one attached hydrogen (secondary N) is 1. The number of amides is 1. The molecule has 6 heteroatoms. The number of sulfone groups is 1. The van der Waals surface area contributed by atoms with E-state index in [1.54, 1.807) is 11.9 Å². The van der Waals surface area contributed by atoms with Crippen LogP contribution in [0, 0.1) is 11.8 Å². The fourth-order valence-electron chi connectivity index (χ4n) is 4.16. The Kier molecular flexibility index (Phi) is 6.48. The Morgan fingerprint density at radius 2 is 1.91 bits per heavy atom. The quantitative estimate of drug-likeness (QED) is 0.826. The standard InChI is InChI=1S/C17H32N2O3S/c1-13(14-7-6-10-18-12-14)11-17(20)19(2)15-8-4-5-9-16(15)23(3,21)22/h13-16,18H,4-12H2,1-3H3. The van der Waals surface area contributed by atoms with Gasteiger partial charge in [-0.2, -0.15) is 0 Å². The third kappa shape index (κ3) is 4.92. The average Bonchev–Trinajstić information content (AvgIpc) is 2.54. The Morgan fingerprint density at radius 3 is 2.52 bits per heavy atom. The zero-order chi connectivity index (χ0) is 17.0. The highest BCUT2D eigenvalue weighted by atomic mass is 32.2. The molecule has 0 aromatic carbocycles. The number of piperidine rings is 1. The summed E-state index contributed by atoms with van der Waals surface area (Å²) in [4.78, 5) is 14.4. The molecule has 2 fully saturated rings. The SMILES string of the molecule is CC(CC(=O)N(C)C1CCCCC1S(C)(=O)=O)C1CCCNC1. The van der Waals surface area contributed by atoms with Crippen molar-refractivity contribution in [2.24, 2.45) is 11.8 Å². The van der Waals surface area contributed by atoms with Crippen LogP contribution < -0.4 is 5.32 Å². The van der Waals surface area contributed by atoms with Gasteiger partial charge in [0.2, 0.25) is 5.91 Å². The second kappa shape index (κ2) is 7.97. The molecule has 0 bridgehead atoms. The molecule has 0 aromatic rings. The van der Waals surface area contributed by atoms with Gasteiger partial charge in [0.15, 0.2) is 9.84 Å². The van der Waals surface area contributed by atoms with Crippen LogP contribution in [0.25, 0.3) is 0 Å². The van der Waals surface area contributed by atoms with Gasteiger partial charge in [-0.1, -0.05) is 19.8 Å². The summed E-state index contributed by atoms with van der Waals surface area (Å²) in [7, 11) is -1.31. The summed E-state index contributed by atoms with van der Waals surface area (Å²) >= 11 is 0. The molecule has 1 aliphatic carbocycles. The van der Waals surface area contributed by atoms with Crippen molar-refractivity contribution in [3.8, 4) is 0 Å². The molecule has 4 unspecified atom stereocenters. The van der Waals surface area contributed by atoms with E-state index in [4.69, 9.17) is 0 Å². The van der Waals surface area contributed by atoms with E-state index in [-0.39, 0.29) is 11.9 Å². The van der Waals surface area contributed by atoms with Crippen LogP contribution >= 0.6 is 0 Å². The molecule has 1 heterocycles. The lowest BCUT2D eigenvalue weighted by molar-refractivity contribution is -0.133. The van der Waals surface area contributed by atoms with Crippen molar-refractivity contribution < 1.29 is 13.2 Å². The summed E-state index contributed by atoms with van der Waals surface area (Å²) in [5.74, 6) is 1.000. The largest absolute Gasteiger partial charge is 0.341 e. The summed E-state index contributed by atoms with van der Waals surface area (Å²) in [6.45, 7) is 4.22. The third-order valence-electron chi connectivity index (χ3n) is 5.74. The molecule has 5 nitrogen and oxygen atoms in total. The van der Waals surface area contributed by atoms with E-state index in [1.807, 2.05) is 0 Å². The molecule has 2 aliphatic rings. The van der Waals surface area contributed by atoms with E-state index in [2.05, 4.69) is 12.2 Å². The van der Waals surface area contributed by atoms with Gasteiger partial charge < -0.3 is 10.2 Å². The molecular weight excluding hydrogens is 312 g/mol. The van der Waals surface area contributed by atoms with Crippen LogP contribution in [0.1, 0.15) is 51.9 Å². The Hall–Kier alpha value is -0.620. The van der Waals surface area contributed by atoms with Gasteiger partial charge in [0, 0.05) is 25.8 Å². The van der Waals surface area contributed by atoms with Crippen molar-refractivity contribution in [1.29, 1.82) is 0 Å². The van der Waals surface area contributed by atoms with E-state index in [1.165, 1.54) is 19.1 Å². The van der Waals surface area contributed by atoms with Crippen LogP contribution in [0.5, 0.6) is 0 Å². The van der Waals surface area contributed by atoms with Crippen LogP contribution in [0.15, 0.2) is 0 Å². The minimum Gasteiger partial charge on any atom is -0.341 e. The van der Waals surface area contributed by atoms with Gasteiger partial charge in [-0.25, -0.2) is 8.42 Å². The van der Waals surface area contributed by atoms with E-state index in [0.717, 1.165) is 32.4 Å². The lowest BCUT2D eigenvalue weighted by Crippen LogP contribution is -2.49. The van der Waals surface area contributed by atoms with Gasteiger partial charge in [0.25, 0.3) is 0 Å². The molecule has 0 radical (unpaired) electrons. The predicted octanol–water partition coefficient (Wildman–Crippen LogP) is 1.83. The van der Waals surface area contributed by atoms with Crippen molar-refractivity contribution in [2.45, 2.75) is 63.2 Å². The number of rotatable bonds is 5. The Bertz CT molecular complexity index is 500. The number of hydrogen-bond acceptors (Lipinski definition) is 4. The Labute approximate surface area is 141 Å². The molecule has 1 saturated heterocycles. The fourth-order valence-corrected chi connectivity index (χ4v) is 5.64. The normalized spacial score (nSPS) is 30.7. The summed E-state index contributed by atoms with van der Waals surface area (Å²) in [5.41, 5.74) is 0. The minimum absolute atomic E-state index is 0.101. The van der Waals surface area contributed by atoms with E-state index >= 15 is 0 Å². The van der Waals surface area contributed by atoms with Crippen LogP contribution in [0.4, 0.5) is 0 Å². The number of hydrogen-bond donors (Lipinski definition) is 1. The summed E-state index contributed by atoms with van der Waals surface area (Å²) in [6.07, 6.45) is 7.64. The second-order valence-electron chi connectivity index (χ2n) is 7.51. The maximum atomic E-state index is 12.7. The summed E-state index contributed by atoms with van der Waals surface area (Å²) in [5, 5.41) is 3.01. The molecule has 1 saturated carbocycles. The maximum absolute atomic E-state index is 12.7. The molecule has 2 rings (SSSR count). The van der Waals surface area contributed by atoms with Crippen molar-refractivity contribution in [3.05, 3.63) is 0 Å². The molecular formula is C17H32N2O3S. The highest BCUT2D eigenvalue weighted by Crippen LogP contribution is 2.29. The molecule has 23 heavy (non-hydrogen) atoms. The van der Waals surface area contributed by atoms with Gasteiger partial charge in [0.05, 0.1) is 5.25 Å². The highest BCUT2D eigenvalue weighted by Gasteiger charge is 2.37.